The largest absolute Gasteiger partial charge is 0.346 e. The Balaban J connectivity index is 1.78. The van der Waals surface area contributed by atoms with Gasteiger partial charge in [-0.15, -0.1) is 12.3 Å². The van der Waals surface area contributed by atoms with Gasteiger partial charge in [0.05, 0.1) is 29.6 Å². The normalized spacial score (nSPS) is 11.8. The van der Waals surface area contributed by atoms with E-state index < -0.39 is 0 Å². The summed E-state index contributed by atoms with van der Waals surface area (Å²) in [4.78, 5) is 11.7. The maximum atomic E-state index is 9.27. The number of H-pyrrole nitrogens is 1. The first-order chi connectivity index (χ1) is 13.2. The number of nitrogens with one attached hydrogen (secondary N) is 1. The van der Waals surface area contributed by atoms with E-state index in [-0.39, 0.29) is 6.04 Å². The van der Waals surface area contributed by atoms with Crippen LogP contribution in [-0.4, -0.2) is 24.7 Å². The van der Waals surface area contributed by atoms with Gasteiger partial charge in [0.2, 0.25) is 0 Å². The van der Waals surface area contributed by atoms with Crippen LogP contribution in [0.4, 0.5) is 0 Å². The van der Waals surface area contributed by atoms with E-state index in [1.807, 2.05) is 48.3 Å². The minimum Gasteiger partial charge on any atom is -0.346 e. The van der Waals surface area contributed by atoms with Crippen molar-refractivity contribution < 1.29 is 0 Å². The van der Waals surface area contributed by atoms with Crippen LogP contribution >= 0.6 is 0 Å². The predicted molar refractivity (Wildman–Crippen MR) is 103 cm³/mol. The van der Waals surface area contributed by atoms with Crippen LogP contribution in [0.3, 0.4) is 0 Å². The number of hydrogen-bond acceptors (Lipinski definition) is 4. The number of fused-ring (bicyclic) bond motifs is 1. The van der Waals surface area contributed by atoms with Gasteiger partial charge >= 0.3 is 0 Å². The van der Waals surface area contributed by atoms with Crippen LogP contribution in [0.5, 0.6) is 0 Å². The molecule has 0 radical (unpaired) electrons. The monoisotopic (exact) mass is 352 g/mol. The summed E-state index contributed by atoms with van der Waals surface area (Å²) in [6, 6.07) is 9.76. The molecule has 0 fully saturated rings. The van der Waals surface area contributed by atoms with Crippen LogP contribution in [0.1, 0.15) is 29.2 Å². The average Bonchev–Trinajstić information content (AvgIpc) is 3.34. The first kappa shape index (κ1) is 16.6. The Bertz CT molecular complexity index is 1200. The molecule has 3 aromatic heterocycles. The smallest absolute Gasteiger partial charge is 0.141 e. The number of nitrogens with zero attached hydrogens (tertiary/aromatic N) is 5. The van der Waals surface area contributed by atoms with Crippen LogP contribution in [0.15, 0.2) is 49.2 Å². The molecule has 0 amide bonds. The summed E-state index contributed by atoms with van der Waals surface area (Å²) >= 11 is 0. The van der Waals surface area contributed by atoms with Crippen LogP contribution in [-0.2, 0) is 0 Å². The van der Waals surface area contributed by atoms with E-state index in [2.05, 4.69) is 32.0 Å². The van der Waals surface area contributed by atoms with E-state index in [1.165, 1.54) is 6.33 Å². The maximum absolute atomic E-state index is 9.27. The number of nitriles is 1. The molecule has 6 nitrogen and oxygen atoms in total. The minimum atomic E-state index is -0.153. The zero-order valence-electron chi connectivity index (χ0n) is 14.7. The molecular weight excluding hydrogens is 336 g/mol. The van der Waals surface area contributed by atoms with E-state index >= 15 is 0 Å². The number of aromatic nitrogens is 5. The molecule has 1 aromatic carbocycles. The fourth-order valence-corrected chi connectivity index (χ4v) is 3.28. The third-order valence-electron chi connectivity index (χ3n) is 4.47. The maximum Gasteiger partial charge on any atom is 0.141 e. The van der Waals surface area contributed by atoms with Gasteiger partial charge in [-0.1, -0.05) is 6.07 Å². The SMILES string of the molecule is C#CCC(c1cc(C)cc(C#N)c1)n1cc(-c2ncnc3[nH]ccc23)cn1. The van der Waals surface area contributed by atoms with Crippen molar-refractivity contribution >= 4 is 11.0 Å². The van der Waals surface area contributed by atoms with Gasteiger partial charge in [-0.3, -0.25) is 4.68 Å². The van der Waals surface area contributed by atoms with Crippen molar-refractivity contribution in [2.24, 2.45) is 0 Å². The first-order valence-electron chi connectivity index (χ1n) is 8.47. The minimum absolute atomic E-state index is 0.153. The molecule has 0 spiro atoms. The molecule has 0 bridgehead atoms. The van der Waals surface area contributed by atoms with Crippen molar-refractivity contribution in [2.45, 2.75) is 19.4 Å². The third-order valence-corrected chi connectivity index (χ3v) is 4.47. The second-order valence-electron chi connectivity index (χ2n) is 6.34. The quantitative estimate of drug-likeness (QED) is 0.569. The highest BCUT2D eigenvalue weighted by Crippen LogP contribution is 2.28. The van der Waals surface area contributed by atoms with Gasteiger partial charge in [0.15, 0.2) is 0 Å². The third kappa shape index (κ3) is 3.05. The summed E-state index contributed by atoms with van der Waals surface area (Å²) in [5.41, 5.74) is 5.08. The highest BCUT2D eigenvalue weighted by Gasteiger charge is 2.17. The number of terminal acetylenes is 1. The van der Waals surface area contributed by atoms with E-state index in [0.29, 0.717) is 12.0 Å². The van der Waals surface area contributed by atoms with Crippen molar-refractivity contribution in [1.29, 1.82) is 5.26 Å². The Morgan fingerprint density at radius 1 is 1.30 bits per heavy atom. The van der Waals surface area contributed by atoms with Crippen molar-refractivity contribution in [1.82, 2.24) is 24.7 Å². The summed E-state index contributed by atoms with van der Waals surface area (Å²) < 4.78 is 1.84. The lowest BCUT2D eigenvalue weighted by molar-refractivity contribution is 0.534. The van der Waals surface area contributed by atoms with Crippen LogP contribution in [0.2, 0.25) is 0 Å². The molecule has 1 N–H and O–H groups in total. The number of rotatable bonds is 4. The summed E-state index contributed by atoms with van der Waals surface area (Å²) in [6.45, 7) is 1.97. The second-order valence-corrected chi connectivity index (χ2v) is 6.34. The van der Waals surface area contributed by atoms with Crippen LogP contribution in [0, 0.1) is 30.6 Å². The van der Waals surface area contributed by atoms with Crippen molar-refractivity contribution in [3.63, 3.8) is 0 Å². The first-order valence-corrected chi connectivity index (χ1v) is 8.47. The Kier molecular flexibility index (Phi) is 4.16. The molecule has 3 heterocycles. The lowest BCUT2D eigenvalue weighted by Gasteiger charge is -2.16. The Hall–Kier alpha value is -3.90. The molecule has 1 atom stereocenters. The molecule has 4 aromatic rings. The summed E-state index contributed by atoms with van der Waals surface area (Å²) in [5, 5.41) is 14.7. The highest BCUT2D eigenvalue weighted by atomic mass is 15.3. The molecule has 0 aliphatic rings. The zero-order valence-corrected chi connectivity index (χ0v) is 14.7. The summed E-state index contributed by atoms with van der Waals surface area (Å²) in [5.74, 6) is 2.72. The zero-order chi connectivity index (χ0) is 18.8. The molecule has 1 unspecified atom stereocenters. The van der Waals surface area contributed by atoms with Gasteiger partial charge in [0, 0.05) is 29.8 Å². The number of hydrogen-bond donors (Lipinski definition) is 1. The predicted octanol–water partition coefficient (Wildman–Crippen LogP) is 3.61. The van der Waals surface area contributed by atoms with Gasteiger partial charge in [0.1, 0.15) is 12.0 Å². The topological polar surface area (TPSA) is 83.2 Å². The summed E-state index contributed by atoms with van der Waals surface area (Å²) in [6.07, 6.45) is 13.2. The summed E-state index contributed by atoms with van der Waals surface area (Å²) in [7, 11) is 0. The van der Waals surface area contributed by atoms with E-state index in [4.69, 9.17) is 6.42 Å². The molecule has 6 heteroatoms. The Morgan fingerprint density at radius 3 is 3.00 bits per heavy atom. The fourth-order valence-electron chi connectivity index (χ4n) is 3.28. The molecule has 4 rings (SSSR count). The number of aryl methyl sites for hydroxylation is 1. The second kappa shape index (κ2) is 6.78. The van der Waals surface area contributed by atoms with E-state index in [0.717, 1.165) is 33.4 Å². The fraction of sp³-hybridized carbons (Fsp3) is 0.143. The average molecular weight is 352 g/mol. The molecule has 0 saturated heterocycles. The molecule has 130 valence electrons. The van der Waals surface area contributed by atoms with Gasteiger partial charge in [-0.05, 0) is 36.2 Å². The van der Waals surface area contributed by atoms with Crippen LogP contribution in [0.25, 0.3) is 22.3 Å². The molecule has 0 aliphatic heterocycles. The van der Waals surface area contributed by atoms with Crippen molar-refractivity contribution in [2.75, 3.05) is 0 Å². The Morgan fingerprint density at radius 2 is 2.19 bits per heavy atom. The van der Waals surface area contributed by atoms with E-state index in [1.54, 1.807) is 6.20 Å². The lowest BCUT2D eigenvalue weighted by Crippen LogP contribution is -2.11. The van der Waals surface area contributed by atoms with Crippen LogP contribution < -0.4 is 0 Å². The van der Waals surface area contributed by atoms with Crippen molar-refractivity contribution in [3.05, 3.63) is 65.9 Å². The van der Waals surface area contributed by atoms with Gasteiger partial charge in [0.25, 0.3) is 0 Å². The number of aromatic amines is 1. The molecular formula is C21H16N6. The highest BCUT2D eigenvalue weighted by molar-refractivity contribution is 5.89. The lowest BCUT2D eigenvalue weighted by atomic mass is 9.99. The van der Waals surface area contributed by atoms with Crippen molar-refractivity contribution in [3.8, 4) is 29.7 Å². The standard InChI is InChI=1S/C21H16N6/c1-3-4-19(16-8-14(2)7-15(9-16)10-22)27-12-17(11-26-27)20-18-5-6-23-21(18)25-13-24-20/h1,5-9,11-13,19H,4H2,2H3,(H,23,24,25). The molecule has 27 heavy (non-hydrogen) atoms. The van der Waals surface area contributed by atoms with Gasteiger partial charge in [-0.25, -0.2) is 9.97 Å². The molecule has 0 saturated carbocycles. The van der Waals surface area contributed by atoms with E-state index in [9.17, 15) is 5.26 Å². The van der Waals surface area contributed by atoms with Gasteiger partial charge in [-0.2, -0.15) is 10.4 Å². The Labute approximate surface area is 156 Å². The number of benzene rings is 1. The van der Waals surface area contributed by atoms with Gasteiger partial charge < -0.3 is 4.98 Å². The molecule has 0 aliphatic carbocycles.